The van der Waals surface area contributed by atoms with Gasteiger partial charge < -0.3 is 10.0 Å². The molecular formula is C13H13F3N2O3. The average Bonchev–Trinajstić information content (AvgIpc) is 2.37. The topological polar surface area (TPSA) is 60.9 Å². The Hall–Kier alpha value is -2.09. The summed E-state index contributed by atoms with van der Waals surface area (Å²) in [4.78, 5) is 25.2. The van der Waals surface area contributed by atoms with Gasteiger partial charge in [0.05, 0.1) is 18.7 Å². The number of amides is 1. The zero-order valence-electron chi connectivity index (χ0n) is 10.9. The summed E-state index contributed by atoms with van der Waals surface area (Å²) >= 11 is 0. The van der Waals surface area contributed by atoms with Crippen LogP contribution in [0.25, 0.3) is 0 Å². The van der Waals surface area contributed by atoms with Gasteiger partial charge in [-0.3, -0.25) is 14.5 Å². The third-order valence-corrected chi connectivity index (χ3v) is 3.14. The molecule has 1 aliphatic heterocycles. The Morgan fingerprint density at radius 1 is 1.29 bits per heavy atom. The summed E-state index contributed by atoms with van der Waals surface area (Å²) in [6.45, 7) is 0.0758. The second-order valence-electron chi connectivity index (χ2n) is 4.70. The van der Waals surface area contributed by atoms with Gasteiger partial charge in [-0.1, -0.05) is 6.07 Å². The largest absolute Gasteiger partial charge is 0.480 e. The molecule has 1 fully saturated rings. The summed E-state index contributed by atoms with van der Waals surface area (Å²) in [5, 5.41) is 8.67. The van der Waals surface area contributed by atoms with E-state index in [2.05, 4.69) is 0 Å². The van der Waals surface area contributed by atoms with E-state index in [0.717, 1.165) is 12.1 Å². The van der Waals surface area contributed by atoms with Crippen LogP contribution in [0, 0.1) is 0 Å². The maximum atomic E-state index is 12.7. The standard InChI is InChI=1S/C13H13F3N2O3/c14-13(15,16)9-2-1-3-10(6-9)18-5-4-17(7-11(18)19)8-12(20)21/h1-3,6H,4-5,7-8H2,(H,20,21). The van der Waals surface area contributed by atoms with Crippen molar-refractivity contribution < 1.29 is 27.9 Å². The molecule has 0 aromatic heterocycles. The van der Waals surface area contributed by atoms with Crippen LogP contribution in [0.3, 0.4) is 0 Å². The quantitative estimate of drug-likeness (QED) is 0.918. The molecule has 0 bridgehead atoms. The Bertz CT molecular complexity index is 560. The van der Waals surface area contributed by atoms with Crippen molar-refractivity contribution in [2.75, 3.05) is 31.1 Å². The van der Waals surface area contributed by atoms with Gasteiger partial charge in [0.2, 0.25) is 5.91 Å². The fourth-order valence-electron chi connectivity index (χ4n) is 2.17. The van der Waals surface area contributed by atoms with Gasteiger partial charge in [-0.15, -0.1) is 0 Å². The Morgan fingerprint density at radius 2 is 2.00 bits per heavy atom. The van der Waals surface area contributed by atoms with Crippen LogP contribution in [0.2, 0.25) is 0 Å². The van der Waals surface area contributed by atoms with Crippen LogP contribution in [0.15, 0.2) is 24.3 Å². The number of halogens is 3. The summed E-state index contributed by atoms with van der Waals surface area (Å²) in [5.74, 6) is -1.46. The highest BCUT2D eigenvalue weighted by Crippen LogP contribution is 2.31. The molecule has 5 nitrogen and oxygen atoms in total. The normalized spacial score (nSPS) is 17.1. The third-order valence-electron chi connectivity index (χ3n) is 3.14. The van der Waals surface area contributed by atoms with Crippen molar-refractivity contribution in [3.8, 4) is 0 Å². The molecule has 21 heavy (non-hydrogen) atoms. The second kappa shape index (κ2) is 5.72. The first-order chi connectivity index (χ1) is 9.77. The van der Waals surface area contributed by atoms with Crippen molar-refractivity contribution in [2.24, 2.45) is 0 Å². The summed E-state index contributed by atoms with van der Waals surface area (Å²) in [6, 6.07) is 4.54. The molecule has 1 aliphatic rings. The molecule has 0 aliphatic carbocycles. The second-order valence-corrected chi connectivity index (χ2v) is 4.70. The lowest BCUT2D eigenvalue weighted by molar-refractivity contribution is -0.139. The van der Waals surface area contributed by atoms with Crippen molar-refractivity contribution in [1.82, 2.24) is 4.90 Å². The van der Waals surface area contributed by atoms with E-state index in [1.54, 1.807) is 0 Å². The monoisotopic (exact) mass is 302 g/mol. The summed E-state index contributed by atoms with van der Waals surface area (Å²) < 4.78 is 38.0. The number of piperazine rings is 1. The predicted octanol–water partition coefficient (Wildman–Crippen LogP) is 1.44. The number of rotatable bonds is 3. The highest BCUT2D eigenvalue weighted by Gasteiger charge is 2.32. The van der Waals surface area contributed by atoms with Crippen LogP contribution in [-0.4, -0.2) is 48.1 Å². The van der Waals surface area contributed by atoms with E-state index in [4.69, 9.17) is 5.11 Å². The van der Waals surface area contributed by atoms with E-state index in [0.29, 0.717) is 6.54 Å². The molecule has 0 saturated carbocycles. The number of benzene rings is 1. The number of hydrogen-bond donors (Lipinski definition) is 1. The number of carbonyl (C=O) groups is 2. The third kappa shape index (κ3) is 3.72. The minimum absolute atomic E-state index is 0.122. The molecule has 0 unspecified atom stereocenters. The predicted molar refractivity (Wildman–Crippen MR) is 67.9 cm³/mol. The minimum atomic E-state index is -4.47. The van der Waals surface area contributed by atoms with E-state index in [9.17, 15) is 22.8 Å². The molecule has 1 aromatic rings. The summed E-state index contributed by atoms with van der Waals surface area (Å²) in [6.07, 6.45) is -4.47. The zero-order chi connectivity index (χ0) is 15.6. The van der Waals surface area contributed by atoms with Crippen LogP contribution < -0.4 is 4.90 Å². The molecule has 114 valence electrons. The van der Waals surface area contributed by atoms with E-state index >= 15 is 0 Å². The van der Waals surface area contributed by atoms with E-state index in [1.165, 1.54) is 21.9 Å². The number of carbonyl (C=O) groups excluding carboxylic acids is 1. The molecule has 1 N–H and O–H groups in total. The van der Waals surface area contributed by atoms with Gasteiger partial charge in [-0.2, -0.15) is 13.2 Å². The Kier molecular flexibility index (Phi) is 4.17. The molecule has 0 spiro atoms. The molecule has 1 amide bonds. The van der Waals surface area contributed by atoms with Gasteiger partial charge in [0.15, 0.2) is 0 Å². The number of anilines is 1. The van der Waals surface area contributed by atoms with Gasteiger partial charge in [-0.25, -0.2) is 0 Å². The molecule has 1 heterocycles. The molecule has 0 radical (unpaired) electrons. The summed E-state index contributed by atoms with van der Waals surface area (Å²) in [7, 11) is 0. The first kappa shape index (κ1) is 15.3. The highest BCUT2D eigenvalue weighted by atomic mass is 19.4. The molecular weight excluding hydrogens is 289 g/mol. The smallest absolute Gasteiger partial charge is 0.416 e. The van der Waals surface area contributed by atoms with Gasteiger partial charge in [-0.05, 0) is 18.2 Å². The van der Waals surface area contributed by atoms with Crippen LogP contribution in [0.4, 0.5) is 18.9 Å². The van der Waals surface area contributed by atoms with E-state index in [-0.39, 0.29) is 25.3 Å². The fraction of sp³-hybridized carbons (Fsp3) is 0.385. The highest BCUT2D eigenvalue weighted by molar-refractivity contribution is 5.95. The molecule has 8 heteroatoms. The van der Waals surface area contributed by atoms with Crippen LogP contribution >= 0.6 is 0 Å². The van der Waals surface area contributed by atoms with Crippen molar-refractivity contribution in [1.29, 1.82) is 0 Å². The van der Waals surface area contributed by atoms with Crippen LogP contribution in [0.5, 0.6) is 0 Å². The van der Waals surface area contributed by atoms with Crippen LogP contribution in [-0.2, 0) is 15.8 Å². The number of nitrogens with zero attached hydrogens (tertiary/aromatic N) is 2. The van der Waals surface area contributed by atoms with Gasteiger partial charge in [0.25, 0.3) is 0 Å². The SMILES string of the molecule is O=C(O)CN1CCN(c2cccc(C(F)(F)F)c2)C(=O)C1. The van der Waals surface area contributed by atoms with Gasteiger partial charge in [0.1, 0.15) is 0 Å². The average molecular weight is 302 g/mol. The van der Waals surface area contributed by atoms with Gasteiger partial charge in [0, 0.05) is 18.8 Å². The minimum Gasteiger partial charge on any atom is -0.480 e. The van der Waals surface area contributed by atoms with E-state index in [1.807, 2.05) is 0 Å². The zero-order valence-corrected chi connectivity index (χ0v) is 10.9. The lowest BCUT2D eigenvalue weighted by atomic mass is 10.1. The lowest BCUT2D eigenvalue weighted by Crippen LogP contribution is -2.51. The molecule has 1 saturated heterocycles. The maximum absolute atomic E-state index is 12.7. The Balaban J connectivity index is 2.13. The number of aliphatic carboxylic acids is 1. The summed E-state index contributed by atoms with van der Waals surface area (Å²) in [5.41, 5.74) is -0.648. The van der Waals surface area contributed by atoms with Crippen molar-refractivity contribution in [3.63, 3.8) is 0 Å². The molecule has 0 atom stereocenters. The Labute approximate surface area is 118 Å². The first-order valence-electron chi connectivity index (χ1n) is 6.19. The number of alkyl halides is 3. The van der Waals surface area contributed by atoms with Crippen molar-refractivity contribution in [2.45, 2.75) is 6.18 Å². The molecule has 1 aromatic carbocycles. The Morgan fingerprint density at radius 3 is 2.57 bits per heavy atom. The van der Waals surface area contributed by atoms with E-state index < -0.39 is 23.6 Å². The lowest BCUT2D eigenvalue weighted by Gasteiger charge is -2.33. The molecule has 2 rings (SSSR count). The number of carboxylic acid groups (broad SMARTS) is 1. The number of carboxylic acids is 1. The van der Waals surface area contributed by atoms with Crippen LogP contribution in [0.1, 0.15) is 5.56 Å². The first-order valence-corrected chi connectivity index (χ1v) is 6.19. The number of hydrogen-bond acceptors (Lipinski definition) is 3. The maximum Gasteiger partial charge on any atom is 0.416 e. The van der Waals surface area contributed by atoms with Crippen molar-refractivity contribution in [3.05, 3.63) is 29.8 Å². The van der Waals surface area contributed by atoms with Crippen molar-refractivity contribution >= 4 is 17.6 Å². The fourth-order valence-corrected chi connectivity index (χ4v) is 2.17. The van der Waals surface area contributed by atoms with Gasteiger partial charge >= 0.3 is 12.1 Å².